The zero-order valence-corrected chi connectivity index (χ0v) is 20.4. The maximum Gasteiger partial charge on any atom is 0.255 e. The fourth-order valence-corrected chi connectivity index (χ4v) is 5.06. The lowest BCUT2D eigenvalue weighted by atomic mass is 9.90. The molecule has 0 radical (unpaired) electrons. The number of rotatable bonds is 2. The Morgan fingerprint density at radius 2 is 1.91 bits per heavy atom. The Hall–Kier alpha value is -2.83. The Bertz CT molecular complexity index is 1240. The number of halogens is 1. The number of carbonyl (C=O) groups excluding carboxylic acids is 1. The number of piperazine rings is 1. The van der Waals surface area contributed by atoms with Gasteiger partial charge in [0, 0.05) is 56.0 Å². The Balaban J connectivity index is 1.48. The van der Waals surface area contributed by atoms with Crippen molar-refractivity contribution in [3.8, 4) is 0 Å². The lowest BCUT2D eigenvalue weighted by Crippen LogP contribution is -2.49. The van der Waals surface area contributed by atoms with Gasteiger partial charge in [-0.1, -0.05) is 24.6 Å². The molecule has 6 nitrogen and oxygen atoms in total. The molecule has 2 atom stereocenters. The van der Waals surface area contributed by atoms with E-state index in [0.717, 1.165) is 59.9 Å². The SMILES string of the molecule is Cc1cn2cc(C3=CC(=O)N4C=C(N5CCN(C)C(C)C5)C=CC4=CCC3C)cc(Cl)c2n1. The molecule has 0 spiro atoms. The Kier molecular flexibility index (Phi) is 5.67. The van der Waals surface area contributed by atoms with Gasteiger partial charge in [-0.3, -0.25) is 9.69 Å². The summed E-state index contributed by atoms with van der Waals surface area (Å²) in [5, 5.41) is 0.590. The molecule has 0 N–H and O–H groups in total. The van der Waals surface area contributed by atoms with Crippen LogP contribution in [0.25, 0.3) is 11.2 Å². The van der Waals surface area contributed by atoms with Gasteiger partial charge >= 0.3 is 0 Å². The molecule has 0 saturated carbocycles. The Labute approximate surface area is 200 Å². The molecular formula is C26H30ClN5O. The van der Waals surface area contributed by atoms with Gasteiger partial charge < -0.3 is 14.2 Å². The molecule has 0 aromatic carbocycles. The van der Waals surface area contributed by atoms with Crippen molar-refractivity contribution in [2.75, 3.05) is 26.7 Å². The quantitative estimate of drug-likeness (QED) is 0.658. The molecule has 0 aliphatic carbocycles. The van der Waals surface area contributed by atoms with E-state index >= 15 is 0 Å². The molecule has 2 aromatic rings. The van der Waals surface area contributed by atoms with E-state index < -0.39 is 0 Å². The van der Waals surface area contributed by atoms with Crippen molar-refractivity contribution in [3.05, 3.63) is 76.6 Å². The third-order valence-corrected chi connectivity index (χ3v) is 7.26. The van der Waals surface area contributed by atoms with Crippen LogP contribution in [0.15, 0.2) is 60.4 Å². The second-order valence-electron chi connectivity index (χ2n) is 9.43. The zero-order chi connectivity index (χ0) is 23.3. The summed E-state index contributed by atoms with van der Waals surface area (Å²) in [5.41, 5.74) is 5.61. The van der Waals surface area contributed by atoms with Gasteiger partial charge in [-0.2, -0.15) is 0 Å². The molecule has 1 fully saturated rings. The Morgan fingerprint density at radius 1 is 1.12 bits per heavy atom. The minimum absolute atomic E-state index is 0.0372. The van der Waals surface area contributed by atoms with Gasteiger partial charge in [-0.15, -0.1) is 0 Å². The smallest absolute Gasteiger partial charge is 0.255 e. The average Bonchev–Trinajstić information content (AvgIpc) is 3.17. The first-order valence-corrected chi connectivity index (χ1v) is 11.9. The maximum atomic E-state index is 13.5. The van der Waals surface area contributed by atoms with Crippen molar-refractivity contribution >= 4 is 28.7 Å². The maximum absolute atomic E-state index is 13.5. The molecule has 3 aliphatic rings. The van der Waals surface area contributed by atoms with E-state index in [1.807, 2.05) is 36.0 Å². The molecular weight excluding hydrogens is 434 g/mol. The van der Waals surface area contributed by atoms with Gasteiger partial charge in [-0.05, 0) is 62.6 Å². The van der Waals surface area contributed by atoms with Gasteiger partial charge in [0.2, 0.25) is 0 Å². The van der Waals surface area contributed by atoms with Crippen LogP contribution in [0.5, 0.6) is 0 Å². The van der Waals surface area contributed by atoms with Gasteiger partial charge in [0.1, 0.15) is 0 Å². The number of hydrogen-bond donors (Lipinski definition) is 0. The van der Waals surface area contributed by atoms with E-state index in [1.54, 1.807) is 11.0 Å². The van der Waals surface area contributed by atoms with Crippen molar-refractivity contribution in [1.29, 1.82) is 0 Å². The molecule has 33 heavy (non-hydrogen) atoms. The third kappa shape index (κ3) is 4.13. The highest BCUT2D eigenvalue weighted by Crippen LogP contribution is 2.33. The molecule has 5 heterocycles. The highest BCUT2D eigenvalue weighted by molar-refractivity contribution is 6.33. The van der Waals surface area contributed by atoms with Crippen LogP contribution in [0, 0.1) is 12.8 Å². The Morgan fingerprint density at radius 3 is 2.70 bits per heavy atom. The molecule has 5 rings (SSSR count). The normalized spacial score (nSPS) is 24.3. The number of imidazole rings is 1. The van der Waals surface area contributed by atoms with Crippen LogP contribution in [0.1, 0.15) is 31.5 Å². The van der Waals surface area contributed by atoms with Crippen LogP contribution < -0.4 is 0 Å². The van der Waals surface area contributed by atoms with E-state index in [1.165, 1.54) is 0 Å². The number of carbonyl (C=O) groups is 1. The van der Waals surface area contributed by atoms with Gasteiger partial charge in [0.15, 0.2) is 5.65 Å². The first-order chi connectivity index (χ1) is 15.8. The summed E-state index contributed by atoms with van der Waals surface area (Å²) in [6.07, 6.45) is 14.9. The number of pyridine rings is 1. The minimum atomic E-state index is -0.0372. The lowest BCUT2D eigenvalue weighted by Gasteiger charge is -2.40. The van der Waals surface area contributed by atoms with Crippen LogP contribution in [0.4, 0.5) is 0 Å². The van der Waals surface area contributed by atoms with E-state index in [0.29, 0.717) is 11.1 Å². The first-order valence-electron chi connectivity index (χ1n) is 11.6. The van der Waals surface area contributed by atoms with Crippen molar-refractivity contribution in [3.63, 3.8) is 0 Å². The van der Waals surface area contributed by atoms with Crippen molar-refractivity contribution in [1.82, 2.24) is 24.1 Å². The number of nitrogens with zero attached hydrogens (tertiary/aromatic N) is 5. The number of fused-ring (bicyclic) bond motifs is 2. The summed E-state index contributed by atoms with van der Waals surface area (Å²) in [6, 6.07) is 2.40. The van der Waals surface area contributed by atoms with Crippen molar-refractivity contribution < 1.29 is 4.79 Å². The van der Waals surface area contributed by atoms with E-state index in [-0.39, 0.29) is 11.8 Å². The number of aromatic nitrogens is 2. The van der Waals surface area contributed by atoms with Crippen molar-refractivity contribution in [2.24, 2.45) is 5.92 Å². The van der Waals surface area contributed by atoms with E-state index in [4.69, 9.17) is 11.6 Å². The number of hydrogen-bond acceptors (Lipinski definition) is 4. The van der Waals surface area contributed by atoms with Crippen molar-refractivity contribution in [2.45, 2.75) is 33.2 Å². The summed E-state index contributed by atoms with van der Waals surface area (Å²) < 4.78 is 1.95. The molecule has 1 amide bonds. The van der Waals surface area contributed by atoms with Gasteiger partial charge in [0.05, 0.1) is 16.4 Å². The summed E-state index contributed by atoms with van der Waals surface area (Å²) in [4.78, 5) is 24.5. The highest BCUT2D eigenvalue weighted by Gasteiger charge is 2.27. The predicted octanol–water partition coefficient (Wildman–Crippen LogP) is 4.48. The number of aryl methyl sites for hydroxylation is 1. The number of allylic oxidation sites excluding steroid dienone is 4. The monoisotopic (exact) mass is 463 g/mol. The molecule has 7 heteroatoms. The van der Waals surface area contributed by atoms with Crippen LogP contribution in [-0.2, 0) is 4.79 Å². The fraction of sp³-hybridized carbons (Fsp3) is 0.385. The van der Waals surface area contributed by atoms with Crippen LogP contribution in [-0.4, -0.2) is 62.7 Å². The van der Waals surface area contributed by atoms with Crippen LogP contribution in [0.2, 0.25) is 5.02 Å². The van der Waals surface area contributed by atoms with Crippen LogP contribution >= 0.6 is 11.6 Å². The minimum Gasteiger partial charge on any atom is -0.367 e. The van der Waals surface area contributed by atoms with E-state index in [2.05, 4.69) is 53.9 Å². The zero-order valence-electron chi connectivity index (χ0n) is 19.6. The number of amides is 1. The molecule has 2 unspecified atom stereocenters. The second-order valence-corrected chi connectivity index (χ2v) is 9.83. The third-order valence-electron chi connectivity index (χ3n) is 6.98. The summed E-state index contributed by atoms with van der Waals surface area (Å²) >= 11 is 6.54. The molecule has 0 bridgehead atoms. The lowest BCUT2D eigenvalue weighted by molar-refractivity contribution is -0.122. The molecule has 172 valence electrons. The summed E-state index contributed by atoms with van der Waals surface area (Å²) in [7, 11) is 2.16. The standard InChI is InChI=1S/C26H30ClN5O/c1-17-5-6-21-7-8-22(30-10-9-29(4)19(3)14-30)16-32(21)25(33)12-23(17)20-11-24(27)26-28-18(2)13-31(26)15-20/h6-8,11-13,15-17,19H,5,9-10,14H2,1-4H3. The summed E-state index contributed by atoms with van der Waals surface area (Å²) in [5.74, 6) is 0.142. The first kappa shape index (κ1) is 22.0. The largest absolute Gasteiger partial charge is 0.367 e. The molecule has 1 saturated heterocycles. The fourth-order valence-electron chi connectivity index (χ4n) is 4.80. The highest BCUT2D eigenvalue weighted by atomic mass is 35.5. The number of likely N-dealkylation sites (N-methyl/N-ethyl adjacent to an activating group) is 1. The van der Waals surface area contributed by atoms with Crippen LogP contribution in [0.3, 0.4) is 0 Å². The predicted molar refractivity (Wildman–Crippen MR) is 133 cm³/mol. The van der Waals surface area contributed by atoms with Gasteiger partial charge in [-0.25, -0.2) is 4.98 Å². The average molecular weight is 464 g/mol. The topological polar surface area (TPSA) is 44.1 Å². The summed E-state index contributed by atoms with van der Waals surface area (Å²) in [6.45, 7) is 9.27. The van der Waals surface area contributed by atoms with Gasteiger partial charge in [0.25, 0.3) is 5.91 Å². The van der Waals surface area contributed by atoms with E-state index in [9.17, 15) is 4.79 Å². The second kappa shape index (κ2) is 8.50. The molecule has 2 aromatic heterocycles. The molecule has 3 aliphatic heterocycles.